The second kappa shape index (κ2) is 8.52. The summed E-state index contributed by atoms with van der Waals surface area (Å²) in [5, 5.41) is 24.2. The summed E-state index contributed by atoms with van der Waals surface area (Å²) in [4.78, 5) is 43.8. The Morgan fingerprint density at radius 2 is 1.56 bits per heavy atom. The standard InChI is InChI=1S/C17H15N3O7/c1-2-11-3-5-13(6-4-11)18-16(21)10-27-17(22)12-7-14(19(23)24)9-15(8-12)20(25)26/h3-9H,2,10H2,1H3,(H,18,21). The number of ether oxygens (including phenoxy) is 1. The number of aryl methyl sites for hydroxylation is 1. The molecule has 0 saturated carbocycles. The van der Waals surface area contributed by atoms with Gasteiger partial charge in [-0.1, -0.05) is 19.1 Å². The van der Waals surface area contributed by atoms with E-state index in [1.54, 1.807) is 12.1 Å². The molecule has 1 amide bonds. The zero-order chi connectivity index (χ0) is 20.0. The smallest absolute Gasteiger partial charge is 0.339 e. The van der Waals surface area contributed by atoms with Gasteiger partial charge in [0.15, 0.2) is 6.61 Å². The van der Waals surface area contributed by atoms with Crippen LogP contribution >= 0.6 is 0 Å². The first-order valence-corrected chi connectivity index (χ1v) is 7.80. The fourth-order valence-corrected chi connectivity index (χ4v) is 2.16. The third-order valence-corrected chi connectivity index (χ3v) is 3.54. The topological polar surface area (TPSA) is 142 Å². The third kappa shape index (κ3) is 5.33. The molecule has 0 aliphatic heterocycles. The minimum atomic E-state index is -1.08. The molecule has 0 radical (unpaired) electrons. The fourth-order valence-electron chi connectivity index (χ4n) is 2.16. The van der Waals surface area contributed by atoms with E-state index in [4.69, 9.17) is 4.74 Å². The Balaban J connectivity index is 2.02. The molecule has 1 N–H and O–H groups in total. The van der Waals surface area contributed by atoms with E-state index in [1.165, 1.54) is 0 Å². The van der Waals surface area contributed by atoms with Crippen molar-refractivity contribution >= 4 is 28.9 Å². The van der Waals surface area contributed by atoms with Gasteiger partial charge < -0.3 is 10.1 Å². The van der Waals surface area contributed by atoms with Gasteiger partial charge in [-0.3, -0.25) is 25.0 Å². The Hall–Kier alpha value is -3.82. The van der Waals surface area contributed by atoms with Crippen LogP contribution < -0.4 is 5.32 Å². The predicted octanol–water partition coefficient (Wildman–Crippen LogP) is 2.86. The fraction of sp³-hybridized carbons (Fsp3) is 0.176. The number of nitro benzene ring substituents is 2. The molecule has 0 aromatic heterocycles. The number of nitrogens with one attached hydrogen (secondary N) is 1. The van der Waals surface area contributed by atoms with Crippen molar-refractivity contribution in [2.75, 3.05) is 11.9 Å². The Labute approximate surface area is 153 Å². The highest BCUT2D eigenvalue weighted by molar-refractivity contribution is 5.96. The molecule has 0 unspecified atom stereocenters. The number of carbonyl (C=O) groups excluding carboxylic acids is 2. The quantitative estimate of drug-likeness (QED) is 0.447. The maximum atomic E-state index is 12.0. The van der Waals surface area contributed by atoms with E-state index >= 15 is 0 Å². The number of carbonyl (C=O) groups is 2. The van der Waals surface area contributed by atoms with Crippen molar-refractivity contribution in [2.24, 2.45) is 0 Å². The number of benzene rings is 2. The van der Waals surface area contributed by atoms with Crippen LogP contribution in [0.25, 0.3) is 0 Å². The zero-order valence-corrected chi connectivity index (χ0v) is 14.2. The maximum absolute atomic E-state index is 12.0. The number of hydrogen-bond acceptors (Lipinski definition) is 7. The van der Waals surface area contributed by atoms with Gasteiger partial charge in [0.2, 0.25) is 0 Å². The molecule has 0 fully saturated rings. The van der Waals surface area contributed by atoms with Crippen molar-refractivity contribution in [3.8, 4) is 0 Å². The Morgan fingerprint density at radius 3 is 2.04 bits per heavy atom. The van der Waals surface area contributed by atoms with E-state index < -0.39 is 45.3 Å². The van der Waals surface area contributed by atoms with Gasteiger partial charge in [0, 0.05) is 17.8 Å². The van der Waals surface area contributed by atoms with E-state index in [0.717, 1.165) is 30.2 Å². The highest BCUT2D eigenvalue weighted by atomic mass is 16.6. The van der Waals surface area contributed by atoms with Gasteiger partial charge in [-0.2, -0.15) is 0 Å². The third-order valence-electron chi connectivity index (χ3n) is 3.54. The molecule has 0 heterocycles. The van der Waals surface area contributed by atoms with Gasteiger partial charge in [0.1, 0.15) is 0 Å². The van der Waals surface area contributed by atoms with E-state index in [9.17, 15) is 29.8 Å². The van der Waals surface area contributed by atoms with E-state index in [-0.39, 0.29) is 0 Å². The largest absolute Gasteiger partial charge is 0.452 e. The summed E-state index contributed by atoms with van der Waals surface area (Å²) in [5.74, 6) is -1.70. The lowest BCUT2D eigenvalue weighted by atomic mass is 10.1. The number of nitro groups is 2. The van der Waals surface area contributed by atoms with E-state index in [2.05, 4.69) is 5.32 Å². The molecular weight excluding hydrogens is 358 g/mol. The molecular formula is C17H15N3O7. The predicted molar refractivity (Wildman–Crippen MR) is 94.5 cm³/mol. The van der Waals surface area contributed by atoms with Crippen molar-refractivity contribution < 1.29 is 24.2 Å². The number of hydrogen-bond donors (Lipinski definition) is 1. The molecule has 0 saturated heterocycles. The van der Waals surface area contributed by atoms with Crippen molar-refractivity contribution in [3.63, 3.8) is 0 Å². The Morgan fingerprint density at radius 1 is 1.00 bits per heavy atom. The van der Waals surface area contributed by atoms with E-state index in [1.807, 2.05) is 19.1 Å². The summed E-state index contributed by atoms with van der Waals surface area (Å²) in [5.41, 5.74) is -0.0461. The first-order valence-electron chi connectivity index (χ1n) is 7.80. The van der Waals surface area contributed by atoms with Crippen LogP contribution in [-0.4, -0.2) is 28.3 Å². The normalized spacial score (nSPS) is 10.1. The number of anilines is 1. The second-order valence-corrected chi connectivity index (χ2v) is 5.43. The molecule has 0 spiro atoms. The lowest BCUT2D eigenvalue weighted by molar-refractivity contribution is -0.394. The SMILES string of the molecule is CCc1ccc(NC(=O)COC(=O)c2cc([N+](=O)[O-])cc([N+](=O)[O-])c2)cc1. The number of esters is 1. The molecule has 140 valence electrons. The average Bonchev–Trinajstić information content (AvgIpc) is 2.66. The van der Waals surface area contributed by atoms with Crippen LogP contribution in [0.3, 0.4) is 0 Å². The average molecular weight is 373 g/mol. The van der Waals surface area contributed by atoms with Crippen LogP contribution in [0.5, 0.6) is 0 Å². The van der Waals surface area contributed by atoms with Gasteiger partial charge in [-0.25, -0.2) is 4.79 Å². The van der Waals surface area contributed by atoms with Crippen LogP contribution in [0.15, 0.2) is 42.5 Å². The number of rotatable bonds is 7. The summed E-state index contributed by atoms with van der Waals surface area (Å²) in [6.07, 6.45) is 0.848. The van der Waals surface area contributed by atoms with Crippen LogP contribution in [0, 0.1) is 20.2 Å². The molecule has 10 nitrogen and oxygen atoms in total. The molecule has 0 aliphatic rings. The monoisotopic (exact) mass is 373 g/mol. The van der Waals surface area contributed by atoms with Crippen LogP contribution in [0.1, 0.15) is 22.8 Å². The molecule has 0 aliphatic carbocycles. The minimum Gasteiger partial charge on any atom is -0.452 e. The summed E-state index contributed by atoms with van der Waals surface area (Å²) in [7, 11) is 0. The summed E-state index contributed by atoms with van der Waals surface area (Å²) in [6.45, 7) is 1.34. The molecule has 27 heavy (non-hydrogen) atoms. The summed E-state index contributed by atoms with van der Waals surface area (Å²) < 4.78 is 4.78. The Bertz CT molecular complexity index is 862. The first-order chi connectivity index (χ1) is 12.8. The lowest BCUT2D eigenvalue weighted by Crippen LogP contribution is -2.21. The van der Waals surface area contributed by atoms with Crippen LogP contribution in [0.2, 0.25) is 0 Å². The zero-order valence-electron chi connectivity index (χ0n) is 14.2. The van der Waals surface area contributed by atoms with E-state index in [0.29, 0.717) is 5.69 Å². The minimum absolute atomic E-state index is 0.393. The molecule has 10 heteroatoms. The molecule has 0 atom stereocenters. The molecule has 2 aromatic carbocycles. The number of amides is 1. The maximum Gasteiger partial charge on any atom is 0.339 e. The van der Waals surface area contributed by atoms with Gasteiger partial charge in [0.25, 0.3) is 17.3 Å². The highest BCUT2D eigenvalue weighted by Gasteiger charge is 2.21. The van der Waals surface area contributed by atoms with Crippen molar-refractivity contribution in [3.05, 3.63) is 73.8 Å². The highest BCUT2D eigenvalue weighted by Crippen LogP contribution is 2.23. The lowest BCUT2D eigenvalue weighted by Gasteiger charge is -2.07. The van der Waals surface area contributed by atoms with Gasteiger partial charge in [-0.05, 0) is 24.1 Å². The summed E-state index contributed by atoms with van der Waals surface area (Å²) >= 11 is 0. The van der Waals surface area contributed by atoms with Crippen molar-refractivity contribution in [1.29, 1.82) is 0 Å². The van der Waals surface area contributed by atoms with Crippen molar-refractivity contribution in [1.82, 2.24) is 0 Å². The first kappa shape index (κ1) is 19.5. The van der Waals surface area contributed by atoms with Gasteiger partial charge in [-0.15, -0.1) is 0 Å². The Kier molecular flexibility index (Phi) is 6.15. The van der Waals surface area contributed by atoms with Crippen molar-refractivity contribution in [2.45, 2.75) is 13.3 Å². The number of nitrogens with zero attached hydrogens (tertiary/aromatic N) is 2. The summed E-state index contributed by atoms with van der Waals surface area (Å²) in [6, 6.07) is 9.48. The molecule has 2 aromatic rings. The molecule has 0 bridgehead atoms. The van der Waals surface area contributed by atoms with Crippen LogP contribution in [0.4, 0.5) is 17.1 Å². The van der Waals surface area contributed by atoms with Crippen LogP contribution in [-0.2, 0) is 16.0 Å². The number of non-ortho nitro benzene ring substituents is 2. The van der Waals surface area contributed by atoms with Gasteiger partial charge >= 0.3 is 5.97 Å². The second-order valence-electron chi connectivity index (χ2n) is 5.43. The molecule has 2 rings (SSSR count). The van der Waals surface area contributed by atoms with Gasteiger partial charge in [0.05, 0.1) is 21.5 Å².